The number of nitrogens with one attached hydrogen (secondary N) is 2. The zero-order valence-corrected chi connectivity index (χ0v) is 28.4. The molecule has 3 heterocycles. The summed E-state index contributed by atoms with van der Waals surface area (Å²) in [5, 5.41) is 11.9. The van der Waals surface area contributed by atoms with Crippen LogP contribution in [-0.2, 0) is 23.9 Å². The largest absolute Gasteiger partial charge is 0.480 e. The van der Waals surface area contributed by atoms with E-state index in [1.54, 1.807) is 41.5 Å². The van der Waals surface area contributed by atoms with E-state index in [1.807, 2.05) is 0 Å². The van der Waals surface area contributed by atoms with E-state index in [0.29, 0.717) is 25.9 Å². The fourth-order valence-electron chi connectivity index (χ4n) is 4.14. The van der Waals surface area contributed by atoms with E-state index in [2.05, 4.69) is 10.2 Å². The van der Waals surface area contributed by atoms with Gasteiger partial charge in [0.1, 0.15) is 23.3 Å². The molecule has 0 unspecified atom stereocenters. The maximum Gasteiger partial charge on any atom is 0.411 e. The summed E-state index contributed by atoms with van der Waals surface area (Å²) >= 11 is 5.09. The second-order valence-electron chi connectivity index (χ2n) is 11.5. The molecule has 0 aromatic heterocycles. The van der Waals surface area contributed by atoms with Crippen LogP contribution in [0.5, 0.6) is 0 Å². The number of carbonyl (C=O) groups excluding carboxylic acids is 4. The molecule has 3 saturated heterocycles. The monoisotopic (exact) mass is 714 g/mol. The van der Waals surface area contributed by atoms with Crippen molar-refractivity contribution in [2.75, 3.05) is 19.6 Å². The number of carbonyl (C=O) groups is 5. The fourth-order valence-corrected chi connectivity index (χ4v) is 4.27. The van der Waals surface area contributed by atoms with Crippen LogP contribution in [0.15, 0.2) is 0 Å². The molecule has 14 nitrogen and oxygen atoms in total. The Hall–Kier alpha value is 0.939. The molecule has 4 amide bonds. The molecule has 3 atom stereocenters. The number of carboxylic acid groups (broad SMARTS) is 1. The van der Waals surface area contributed by atoms with Crippen molar-refractivity contribution >= 4 is 41.7 Å². The summed E-state index contributed by atoms with van der Waals surface area (Å²) in [4.78, 5) is 60.7. The predicted molar refractivity (Wildman–Crippen MR) is 149 cm³/mol. The number of likely N-dealkylation sites (tertiary alicyclic amines) is 2. The first-order valence-corrected chi connectivity index (χ1v) is 13.5. The summed E-state index contributed by atoms with van der Waals surface area (Å²) in [5.74, 6) is -1.54. The van der Waals surface area contributed by atoms with Crippen LogP contribution in [0.1, 0.15) is 80.1 Å². The van der Waals surface area contributed by atoms with Crippen molar-refractivity contribution in [3.8, 4) is 0 Å². The average molecular weight is 715 g/mol. The smallest absolute Gasteiger partial charge is 0.411 e. The molecule has 0 aromatic carbocycles. The van der Waals surface area contributed by atoms with Crippen molar-refractivity contribution in [2.45, 2.75) is 109 Å². The standard InChI is InChI=1S/C10H18N2O3.C10H17NO4.C5H9ClN2O.3Ar.H3N/c1-10(2,3)15-9(14)12-6-4-5-7(12)8(11)13;1-10(2,3)15-9(14)11-6-4-5-7(11)8(12)13;6-8-5(9)4-2-1-3-7-4;;;;/h7H,4-6H2,1-3H3,(H2,11,13);7H,4-6H2,1-3H3,(H,12,13);4,7H,1-3H2,(H,8,9);;;;1H3/t2*7-;4-;;;;/m000..../s1. The summed E-state index contributed by atoms with van der Waals surface area (Å²) in [5.41, 5.74) is 4.08. The Kier molecular flexibility index (Phi) is 28.5. The van der Waals surface area contributed by atoms with Crippen molar-refractivity contribution in [1.82, 2.24) is 26.1 Å². The van der Waals surface area contributed by atoms with E-state index < -0.39 is 47.3 Å². The Balaban J connectivity index is -0.000000261. The Morgan fingerprint density at radius 1 is 0.814 bits per heavy atom. The topological polar surface area (TPSA) is 216 Å². The first-order valence-electron chi connectivity index (χ1n) is 13.1. The summed E-state index contributed by atoms with van der Waals surface area (Å²) in [6.45, 7) is 12.6. The summed E-state index contributed by atoms with van der Waals surface area (Å²) in [6.07, 6.45) is 3.64. The molecule has 3 fully saturated rings. The van der Waals surface area contributed by atoms with Crippen LogP contribution in [0, 0.1) is 113 Å². The molecule has 256 valence electrons. The van der Waals surface area contributed by atoms with E-state index >= 15 is 0 Å². The number of halogens is 1. The number of nitrogens with two attached hydrogens (primary N) is 1. The third-order valence-corrected chi connectivity index (χ3v) is 6.03. The number of hydrogen-bond acceptors (Lipinski definition) is 9. The number of hydrogen-bond donors (Lipinski definition) is 5. The predicted octanol–water partition coefficient (Wildman–Crippen LogP) is 2.51. The summed E-state index contributed by atoms with van der Waals surface area (Å²) < 4.78 is 10.3. The van der Waals surface area contributed by atoms with Gasteiger partial charge in [0.05, 0.1) is 6.04 Å². The second-order valence-corrected chi connectivity index (χ2v) is 11.7. The third kappa shape index (κ3) is 20.0. The Morgan fingerprint density at radius 2 is 1.23 bits per heavy atom. The van der Waals surface area contributed by atoms with Crippen molar-refractivity contribution in [1.29, 1.82) is 0 Å². The maximum atomic E-state index is 11.7. The molecule has 3 aliphatic rings. The maximum absolute atomic E-state index is 11.7. The van der Waals surface area contributed by atoms with Gasteiger partial charge in [0.2, 0.25) is 5.91 Å². The molecular weight excluding hydrogens is 668 g/mol. The van der Waals surface area contributed by atoms with Crippen LogP contribution in [0.3, 0.4) is 0 Å². The Bertz CT molecular complexity index is 830. The first kappa shape index (κ1) is 50.8. The average Bonchev–Trinajstić information content (AvgIpc) is 3.58. The minimum absolute atomic E-state index is 0. The zero-order valence-electron chi connectivity index (χ0n) is 25.5. The normalized spacial score (nSPS) is 20.5. The van der Waals surface area contributed by atoms with Gasteiger partial charge in [-0.3, -0.25) is 24.2 Å². The molecule has 0 aromatic rings. The van der Waals surface area contributed by atoms with Gasteiger partial charge in [-0.1, -0.05) is 0 Å². The molecule has 18 heteroatoms. The number of rotatable bonds is 3. The van der Waals surface area contributed by atoms with Crippen LogP contribution in [0.4, 0.5) is 9.59 Å². The molecule has 0 radical (unpaired) electrons. The van der Waals surface area contributed by atoms with Crippen LogP contribution in [0.2, 0.25) is 0 Å². The van der Waals surface area contributed by atoms with E-state index in [-0.39, 0.29) is 131 Å². The Morgan fingerprint density at radius 3 is 1.56 bits per heavy atom. The van der Waals surface area contributed by atoms with Crippen molar-refractivity contribution in [3.63, 3.8) is 0 Å². The van der Waals surface area contributed by atoms with Crippen molar-refractivity contribution in [3.05, 3.63) is 0 Å². The van der Waals surface area contributed by atoms with E-state index in [1.165, 1.54) is 9.80 Å². The van der Waals surface area contributed by atoms with Crippen molar-refractivity contribution in [2.24, 2.45) is 5.73 Å². The van der Waals surface area contributed by atoms with Gasteiger partial charge in [-0.25, -0.2) is 14.4 Å². The van der Waals surface area contributed by atoms with E-state index in [0.717, 1.165) is 32.2 Å². The third-order valence-electron chi connectivity index (χ3n) is 5.85. The number of amides is 4. The quantitative estimate of drug-likeness (QED) is 0.269. The molecule has 43 heavy (non-hydrogen) atoms. The van der Waals surface area contributed by atoms with Crippen molar-refractivity contribution < 1.29 is 152 Å². The van der Waals surface area contributed by atoms with Crippen LogP contribution in [-0.4, -0.2) is 93.8 Å². The fraction of sp³-hybridized carbons (Fsp3) is 0.800. The van der Waals surface area contributed by atoms with Gasteiger partial charge in [0.25, 0.3) is 5.91 Å². The second kappa shape index (κ2) is 24.1. The molecule has 3 rings (SSSR count). The number of aliphatic carboxylic acids is 1. The molecular formula is C25H47Ar3ClN6O8. The van der Waals surface area contributed by atoms with Gasteiger partial charge in [-0.05, 0) is 86.6 Å². The van der Waals surface area contributed by atoms with E-state index in [9.17, 15) is 24.0 Å². The Labute approximate surface area is 349 Å². The first-order chi connectivity index (χ1) is 18.0. The van der Waals surface area contributed by atoms with Gasteiger partial charge in [0.15, 0.2) is 0 Å². The summed E-state index contributed by atoms with van der Waals surface area (Å²) in [7, 11) is 0. The molecule has 0 bridgehead atoms. The molecule has 3 aliphatic heterocycles. The molecule has 0 aliphatic carbocycles. The van der Waals surface area contributed by atoms with Crippen LogP contribution >= 0.6 is 11.8 Å². The van der Waals surface area contributed by atoms with Gasteiger partial charge in [-0.2, -0.15) is 0 Å². The molecule has 0 saturated carbocycles. The number of primary amides is 1. The van der Waals surface area contributed by atoms with Gasteiger partial charge in [-0.15, -0.1) is 0 Å². The summed E-state index contributed by atoms with van der Waals surface area (Å²) in [6, 6.07) is -1.28. The number of nitrogens with zero attached hydrogens (tertiary/aromatic N) is 2. The van der Waals surface area contributed by atoms with Gasteiger partial charge < -0.3 is 31.8 Å². The van der Waals surface area contributed by atoms with Gasteiger partial charge >= 0.3 is 18.2 Å². The minimum Gasteiger partial charge on any atom is -0.480 e. The van der Waals surface area contributed by atoms with Crippen LogP contribution < -0.4 is 22.0 Å². The number of carboxylic acids is 1. The van der Waals surface area contributed by atoms with E-state index in [4.69, 9.17) is 32.1 Å². The SMILES string of the molecule is CC(C)(C)OC(=O)N1CCC[C@H]1C(=O)O.CC(C)(C)OC(=O)N1CCC[C@H]1C(N)=O.N.O=C(NCl)[C@@H]1CCCN1.[Ar].[Ar].[Ar]. The zero-order chi connectivity index (χ0) is 30.0. The van der Waals surface area contributed by atoms with Crippen LogP contribution in [0.25, 0.3) is 0 Å². The van der Waals surface area contributed by atoms with Gasteiger partial charge in [0, 0.05) is 138 Å². The molecule has 8 N–H and O–H groups in total. The minimum atomic E-state index is -0.960. The molecule has 0 spiro atoms. The number of ether oxygens (including phenoxy) is 2.